The van der Waals surface area contributed by atoms with Gasteiger partial charge in [0.15, 0.2) is 0 Å². The quantitative estimate of drug-likeness (QED) is 0.160. The fourth-order valence-corrected chi connectivity index (χ4v) is 10.3. The third-order valence-corrected chi connectivity index (χ3v) is 13.2. The fraction of sp³-hybridized carbons (Fsp3) is 0. The summed E-state index contributed by atoms with van der Waals surface area (Å²) in [6, 6.07) is 81.3. The van der Waals surface area contributed by atoms with Crippen LogP contribution in [0.1, 0.15) is 0 Å². The zero-order chi connectivity index (χ0) is 40.3. The van der Waals surface area contributed by atoms with Crippen molar-refractivity contribution in [1.29, 1.82) is 0 Å². The fourth-order valence-electron chi connectivity index (χ4n) is 9.16. The molecule has 0 spiro atoms. The summed E-state index contributed by atoms with van der Waals surface area (Å²) >= 11 is 1.86. The van der Waals surface area contributed by atoms with E-state index in [0.717, 1.165) is 55.7 Å². The van der Waals surface area contributed by atoms with Gasteiger partial charge in [-0.05, 0) is 105 Å². The molecule has 0 fully saturated rings. The molecule has 0 N–H and O–H groups in total. The van der Waals surface area contributed by atoms with Crippen LogP contribution in [-0.4, -0.2) is 0 Å². The molecule has 2 heterocycles. The second kappa shape index (κ2) is 14.5. The van der Waals surface area contributed by atoms with Crippen LogP contribution in [0.25, 0.3) is 97.4 Å². The summed E-state index contributed by atoms with van der Waals surface area (Å²) in [6.45, 7) is 0. The summed E-state index contributed by atoms with van der Waals surface area (Å²) in [5, 5.41) is 7.34. The van der Waals surface area contributed by atoms with Gasteiger partial charge in [-0.15, -0.1) is 11.3 Å². The Labute approximate surface area is 357 Å². The van der Waals surface area contributed by atoms with Crippen molar-refractivity contribution in [3.8, 4) is 44.5 Å². The molecule has 0 atom stereocenters. The number of thiophene rings is 1. The molecule has 61 heavy (non-hydrogen) atoms. The SMILES string of the molecule is c1cc(-c2cccc(N(c3ccc(-c4cccc5c4oc4ccccc45)cc3)c3ccccc3-c3cccc4sc5ccccc5c34)c2)cc(-c2ccc3ccccc3c2)c1. The Hall–Kier alpha value is -7.72. The number of hydrogen-bond donors (Lipinski definition) is 0. The van der Waals surface area contributed by atoms with Gasteiger partial charge in [-0.1, -0.05) is 164 Å². The zero-order valence-corrected chi connectivity index (χ0v) is 33.9. The van der Waals surface area contributed by atoms with E-state index in [1.54, 1.807) is 0 Å². The Morgan fingerprint density at radius 2 is 0.951 bits per heavy atom. The lowest BCUT2D eigenvalue weighted by atomic mass is 9.95. The molecule has 12 aromatic rings. The minimum Gasteiger partial charge on any atom is -0.455 e. The van der Waals surface area contributed by atoms with Crippen molar-refractivity contribution < 1.29 is 4.42 Å². The molecule has 0 saturated carbocycles. The maximum Gasteiger partial charge on any atom is 0.143 e. The summed E-state index contributed by atoms with van der Waals surface area (Å²) in [7, 11) is 0. The van der Waals surface area contributed by atoms with Crippen LogP contribution in [0.2, 0.25) is 0 Å². The number of fused-ring (bicyclic) bond motifs is 7. The van der Waals surface area contributed by atoms with E-state index in [4.69, 9.17) is 4.42 Å². The molecule has 0 amide bonds. The first-order valence-electron chi connectivity index (χ1n) is 20.7. The number of hydrogen-bond acceptors (Lipinski definition) is 3. The highest BCUT2D eigenvalue weighted by Gasteiger charge is 2.21. The zero-order valence-electron chi connectivity index (χ0n) is 33.1. The van der Waals surface area contributed by atoms with Gasteiger partial charge in [0.2, 0.25) is 0 Å². The van der Waals surface area contributed by atoms with E-state index in [-0.39, 0.29) is 0 Å². The molecule has 0 aliphatic rings. The Bertz CT molecular complexity index is 3610. The number of nitrogens with zero attached hydrogens (tertiary/aromatic N) is 1. The predicted octanol–water partition coefficient (Wildman–Crippen LogP) is 17.2. The summed E-state index contributed by atoms with van der Waals surface area (Å²) in [4.78, 5) is 2.42. The van der Waals surface area contributed by atoms with Crippen molar-refractivity contribution >= 4 is 81.3 Å². The Kier molecular flexibility index (Phi) is 8.39. The summed E-state index contributed by atoms with van der Waals surface area (Å²) < 4.78 is 9.07. The number of anilines is 3. The molecule has 2 nitrogen and oxygen atoms in total. The number of rotatable bonds is 7. The number of benzene rings is 10. The molecule has 0 unspecified atom stereocenters. The van der Waals surface area contributed by atoms with Gasteiger partial charge in [0, 0.05) is 53.4 Å². The van der Waals surface area contributed by atoms with Crippen LogP contribution in [0.5, 0.6) is 0 Å². The van der Waals surface area contributed by atoms with Gasteiger partial charge < -0.3 is 9.32 Å². The molecule has 0 aliphatic heterocycles. The predicted molar refractivity (Wildman–Crippen MR) is 261 cm³/mol. The molecule has 2 aromatic heterocycles. The lowest BCUT2D eigenvalue weighted by Gasteiger charge is -2.28. The van der Waals surface area contributed by atoms with E-state index in [2.05, 4.69) is 217 Å². The van der Waals surface area contributed by atoms with Crippen LogP contribution in [0.15, 0.2) is 229 Å². The Morgan fingerprint density at radius 1 is 0.344 bits per heavy atom. The van der Waals surface area contributed by atoms with Crippen LogP contribution in [0.4, 0.5) is 17.1 Å². The Balaban J connectivity index is 1.01. The van der Waals surface area contributed by atoms with Gasteiger partial charge in [0.25, 0.3) is 0 Å². The standard InChI is InChI=1S/C58H37NOS/c1-2-14-40-35-44(30-29-38(40)13-1)42-16-9-15-41(36-42)43-17-10-18-46(37-43)59(45-33-31-39(32-34-45)47-22-11-24-51-49-20-4-7-26-54(49)60-58(47)51)53-25-6-3-19-48(53)50-23-12-28-56-57(50)52-21-5-8-27-55(52)61-56/h1-37H. The van der Waals surface area contributed by atoms with Crippen LogP contribution in [0, 0.1) is 0 Å². The topological polar surface area (TPSA) is 16.4 Å². The summed E-state index contributed by atoms with van der Waals surface area (Å²) in [5.41, 5.74) is 14.4. The molecule has 10 aromatic carbocycles. The van der Waals surface area contributed by atoms with Crippen molar-refractivity contribution in [2.75, 3.05) is 4.90 Å². The molecule has 286 valence electrons. The van der Waals surface area contributed by atoms with Gasteiger partial charge in [-0.2, -0.15) is 0 Å². The van der Waals surface area contributed by atoms with Crippen LogP contribution in [-0.2, 0) is 0 Å². The average molecular weight is 796 g/mol. The second-order valence-corrected chi connectivity index (χ2v) is 16.7. The lowest BCUT2D eigenvalue weighted by molar-refractivity contribution is 0.670. The van der Waals surface area contributed by atoms with E-state index in [9.17, 15) is 0 Å². The minimum atomic E-state index is 0.903. The monoisotopic (exact) mass is 795 g/mol. The Morgan fingerprint density at radius 3 is 1.84 bits per heavy atom. The van der Waals surface area contributed by atoms with Gasteiger partial charge in [0.1, 0.15) is 11.2 Å². The van der Waals surface area contributed by atoms with Crippen LogP contribution < -0.4 is 4.90 Å². The first-order chi connectivity index (χ1) is 30.2. The molecule has 0 aliphatic carbocycles. The lowest BCUT2D eigenvalue weighted by Crippen LogP contribution is -2.11. The molecule has 0 radical (unpaired) electrons. The molecular weight excluding hydrogens is 759 g/mol. The maximum atomic E-state index is 6.48. The summed E-state index contributed by atoms with van der Waals surface area (Å²) in [6.07, 6.45) is 0. The molecule has 12 rings (SSSR count). The van der Waals surface area contributed by atoms with Crippen molar-refractivity contribution in [1.82, 2.24) is 0 Å². The molecule has 3 heteroatoms. The van der Waals surface area contributed by atoms with E-state index < -0.39 is 0 Å². The molecule has 0 bridgehead atoms. The van der Waals surface area contributed by atoms with Crippen LogP contribution >= 0.6 is 11.3 Å². The largest absolute Gasteiger partial charge is 0.455 e. The average Bonchev–Trinajstić information content (AvgIpc) is 3.91. The van der Waals surface area contributed by atoms with Gasteiger partial charge >= 0.3 is 0 Å². The highest BCUT2D eigenvalue weighted by atomic mass is 32.1. The minimum absolute atomic E-state index is 0.903. The van der Waals surface area contributed by atoms with Crippen LogP contribution in [0.3, 0.4) is 0 Å². The van der Waals surface area contributed by atoms with Crippen molar-refractivity contribution in [3.63, 3.8) is 0 Å². The highest BCUT2D eigenvalue weighted by molar-refractivity contribution is 7.25. The maximum absolute atomic E-state index is 6.48. The van der Waals surface area contributed by atoms with Gasteiger partial charge in [0.05, 0.1) is 5.69 Å². The highest BCUT2D eigenvalue weighted by Crippen LogP contribution is 2.47. The van der Waals surface area contributed by atoms with E-state index in [1.807, 2.05) is 23.5 Å². The van der Waals surface area contributed by atoms with E-state index in [0.29, 0.717) is 0 Å². The van der Waals surface area contributed by atoms with Crippen molar-refractivity contribution in [2.24, 2.45) is 0 Å². The second-order valence-electron chi connectivity index (χ2n) is 15.6. The first kappa shape index (κ1) is 35.2. The summed E-state index contributed by atoms with van der Waals surface area (Å²) in [5.74, 6) is 0. The van der Waals surface area contributed by atoms with Crippen molar-refractivity contribution in [3.05, 3.63) is 224 Å². The first-order valence-corrected chi connectivity index (χ1v) is 21.6. The smallest absolute Gasteiger partial charge is 0.143 e. The normalized spacial score (nSPS) is 11.6. The number of para-hydroxylation sites is 3. The van der Waals surface area contributed by atoms with Gasteiger partial charge in [-0.25, -0.2) is 0 Å². The third kappa shape index (κ3) is 6.09. The third-order valence-electron chi connectivity index (χ3n) is 12.1. The van der Waals surface area contributed by atoms with Crippen molar-refractivity contribution in [2.45, 2.75) is 0 Å². The molecule has 0 saturated heterocycles. The molecular formula is C58H37NOS. The van der Waals surface area contributed by atoms with E-state index in [1.165, 1.54) is 58.8 Å². The van der Waals surface area contributed by atoms with Gasteiger partial charge in [-0.3, -0.25) is 0 Å². The van der Waals surface area contributed by atoms with E-state index >= 15 is 0 Å². The number of furan rings is 1.